The molecule has 2 bridgehead atoms. The van der Waals surface area contributed by atoms with Crippen LogP contribution in [0.5, 0.6) is 0 Å². The fraction of sp³-hybridized carbons (Fsp3) is 0.515. The quantitative estimate of drug-likeness (QED) is 0.388. The average Bonchev–Trinajstić information content (AvgIpc) is 3.14. The lowest BCUT2D eigenvalue weighted by Gasteiger charge is -2.63. The highest BCUT2D eigenvalue weighted by atomic mass is 16.6. The van der Waals surface area contributed by atoms with Crippen molar-refractivity contribution in [1.82, 2.24) is 0 Å². The number of aliphatic hydroxyl groups excluding tert-OH is 1. The zero-order valence-electron chi connectivity index (χ0n) is 25.1. The number of rotatable bonds is 6. The van der Waals surface area contributed by atoms with Crippen molar-refractivity contribution in [2.45, 2.75) is 89.7 Å². The third kappa shape index (κ3) is 4.90. The predicted octanol–water partition coefficient (Wildman–Crippen LogP) is 3.89. The van der Waals surface area contributed by atoms with E-state index in [9.17, 15) is 24.3 Å². The molecule has 2 aromatic rings. The Morgan fingerprint density at radius 3 is 1.79 bits per heavy atom. The minimum Gasteiger partial charge on any atom is -0.459 e. The number of hydrogen-bond acceptors (Lipinski definition) is 10. The third-order valence-corrected chi connectivity index (χ3v) is 9.60. The lowest BCUT2D eigenvalue weighted by Crippen LogP contribution is -2.79. The standard InChI is InChI=1S/C33H38O10/c1-18-25(36)26(39-19(2)34)28(42-30(38)22-15-11-8-12-16-22)32(6)24(41-29(37)21-13-9-7-10-14-21)17-23-27(40-20(3)35)33(18,32)43-31(23,4)5/h7-16,18,23-28,36H,17H2,1-6H3/t18-,23?,24+,25-,26+,27-,28+,32-,33?/m1/s1. The molecule has 43 heavy (non-hydrogen) atoms. The van der Waals surface area contributed by atoms with Crippen LogP contribution >= 0.6 is 0 Å². The number of hydrogen-bond donors (Lipinski definition) is 1. The molecular formula is C33H38O10. The van der Waals surface area contributed by atoms with Gasteiger partial charge in [-0.25, -0.2) is 9.59 Å². The Morgan fingerprint density at radius 2 is 1.28 bits per heavy atom. The van der Waals surface area contributed by atoms with E-state index in [1.165, 1.54) is 13.8 Å². The summed E-state index contributed by atoms with van der Waals surface area (Å²) in [5, 5.41) is 11.8. The second-order valence-corrected chi connectivity index (χ2v) is 12.5. The summed E-state index contributed by atoms with van der Waals surface area (Å²) in [5.41, 5.74) is -3.38. The summed E-state index contributed by atoms with van der Waals surface area (Å²) < 4.78 is 31.0. The number of esters is 4. The van der Waals surface area contributed by atoms with E-state index in [0.717, 1.165) is 0 Å². The van der Waals surface area contributed by atoms with Crippen LogP contribution in [-0.2, 0) is 33.3 Å². The number of ether oxygens (including phenoxy) is 5. The molecule has 1 spiro atoms. The summed E-state index contributed by atoms with van der Waals surface area (Å²) in [7, 11) is 0. The zero-order chi connectivity index (χ0) is 31.3. The molecule has 0 radical (unpaired) electrons. The van der Waals surface area contributed by atoms with Gasteiger partial charge < -0.3 is 28.8 Å². The minimum atomic E-state index is -1.52. The molecular weight excluding hydrogens is 556 g/mol. The molecule has 2 aromatic carbocycles. The van der Waals surface area contributed by atoms with Crippen molar-refractivity contribution in [2.24, 2.45) is 17.3 Å². The van der Waals surface area contributed by atoms with Crippen LogP contribution < -0.4 is 0 Å². The van der Waals surface area contributed by atoms with Gasteiger partial charge in [0, 0.05) is 25.7 Å². The lowest BCUT2D eigenvalue weighted by molar-refractivity contribution is -0.322. The van der Waals surface area contributed by atoms with E-state index in [-0.39, 0.29) is 12.0 Å². The Morgan fingerprint density at radius 1 is 0.767 bits per heavy atom. The van der Waals surface area contributed by atoms with Gasteiger partial charge in [-0.3, -0.25) is 9.59 Å². The topological polar surface area (TPSA) is 135 Å². The number of benzene rings is 2. The van der Waals surface area contributed by atoms with E-state index in [2.05, 4.69) is 0 Å². The first-order chi connectivity index (χ1) is 20.2. The molecule has 5 rings (SSSR count). The van der Waals surface area contributed by atoms with Gasteiger partial charge in [-0.2, -0.15) is 0 Å². The first-order valence-electron chi connectivity index (χ1n) is 14.5. The normalized spacial score (nSPS) is 35.7. The van der Waals surface area contributed by atoms with Gasteiger partial charge in [0.2, 0.25) is 0 Å². The number of aliphatic hydroxyl groups is 1. The van der Waals surface area contributed by atoms with Crippen LogP contribution in [0, 0.1) is 17.3 Å². The first-order valence-corrected chi connectivity index (χ1v) is 14.5. The molecule has 2 aliphatic carbocycles. The van der Waals surface area contributed by atoms with Gasteiger partial charge in [0.25, 0.3) is 0 Å². The molecule has 1 heterocycles. The van der Waals surface area contributed by atoms with Crippen molar-refractivity contribution < 1.29 is 48.0 Å². The molecule has 1 saturated heterocycles. The molecule has 0 amide bonds. The van der Waals surface area contributed by atoms with Crippen molar-refractivity contribution >= 4 is 23.9 Å². The third-order valence-electron chi connectivity index (χ3n) is 9.60. The van der Waals surface area contributed by atoms with Crippen LogP contribution in [0.25, 0.3) is 0 Å². The molecule has 0 aromatic heterocycles. The lowest BCUT2D eigenvalue weighted by atomic mass is 9.47. The van der Waals surface area contributed by atoms with Crippen LogP contribution in [-0.4, -0.2) is 70.7 Å². The highest BCUT2D eigenvalue weighted by Crippen LogP contribution is 2.68. The number of carbonyl (C=O) groups is 4. The monoisotopic (exact) mass is 594 g/mol. The summed E-state index contributed by atoms with van der Waals surface area (Å²) in [5.74, 6) is -3.89. The Hall–Kier alpha value is -3.76. The average molecular weight is 595 g/mol. The van der Waals surface area contributed by atoms with Crippen LogP contribution in [0.2, 0.25) is 0 Å². The maximum atomic E-state index is 13.6. The van der Waals surface area contributed by atoms with E-state index in [1.807, 2.05) is 13.8 Å². The summed E-state index contributed by atoms with van der Waals surface area (Å²) in [6.07, 6.45) is -5.83. The molecule has 3 aliphatic rings. The van der Waals surface area contributed by atoms with E-state index in [4.69, 9.17) is 23.7 Å². The van der Waals surface area contributed by atoms with Gasteiger partial charge in [-0.05, 0) is 51.5 Å². The highest BCUT2D eigenvalue weighted by Gasteiger charge is 2.82. The van der Waals surface area contributed by atoms with Gasteiger partial charge in [0.1, 0.15) is 23.9 Å². The van der Waals surface area contributed by atoms with Gasteiger partial charge in [-0.15, -0.1) is 0 Å². The Kier molecular flexibility index (Phi) is 7.89. The molecule has 2 unspecified atom stereocenters. The predicted molar refractivity (Wildman–Crippen MR) is 152 cm³/mol. The van der Waals surface area contributed by atoms with Gasteiger partial charge in [-0.1, -0.05) is 43.3 Å². The SMILES string of the molecule is CC(=O)O[C@H]1[C@H](O)[C@@H](C)C23OC(C)(C)C(C[C@H](OC(=O)c4ccccc4)[C@]2(C)[C@H]1OC(=O)c1ccccc1)[C@H]3OC(C)=O. The van der Waals surface area contributed by atoms with Crippen molar-refractivity contribution in [3.63, 3.8) is 0 Å². The van der Waals surface area contributed by atoms with E-state index in [0.29, 0.717) is 5.56 Å². The highest BCUT2D eigenvalue weighted by molar-refractivity contribution is 5.90. The summed E-state index contributed by atoms with van der Waals surface area (Å²) in [6.45, 7) is 9.64. The number of carbonyl (C=O) groups excluding carboxylic acids is 4. The molecule has 230 valence electrons. The van der Waals surface area contributed by atoms with Gasteiger partial charge in [0.05, 0.1) is 22.1 Å². The Balaban J connectivity index is 1.71. The Bertz CT molecular complexity index is 1390. The largest absolute Gasteiger partial charge is 0.459 e. The van der Waals surface area contributed by atoms with E-state index < -0.39 is 82.8 Å². The Labute approximate surface area is 250 Å². The molecule has 2 saturated carbocycles. The fourth-order valence-corrected chi connectivity index (χ4v) is 7.65. The maximum Gasteiger partial charge on any atom is 0.338 e. The minimum absolute atomic E-state index is 0.177. The van der Waals surface area contributed by atoms with Crippen molar-refractivity contribution in [1.29, 1.82) is 0 Å². The molecule has 9 atom stereocenters. The summed E-state index contributed by atoms with van der Waals surface area (Å²) in [6, 6.07) is 16.7. The second-order valence-electron chi connectivity index (χ2n) is 12.5. The van der Waals surface area contributed by atoms with Crippen molar-refractivity contribution in [3.05, 3.63) is 71.8 Å². The van der Waals surface area contributed by atoms with Gasteiger partial charge >= 0.3 is 23.9 Å². The molecule has 10 nitrogen and oxygen atoms in total. The smallest absolute Gasteiger partial charge is 0.338 e. The van der Waals surface area contributed by atoms with Crippen LogP contribution in [0.4, 0.5) is 0 Å². The summed E-state index contributed by atoms with van der Waals surface area (Å²) in [4.78, 5) is 52.1. The van der Waals surface area contributed by atoms with E-state index in [1.54, 1.807) is 74.5 Å². The summed E-state index contributed by atoms with van der Waals surface area (Å²) >= 11 is 0. The fourth-order valence-electron chi connectivity index (χ4n) is 7.65. The maximum absolute atomic E-state index is 13.6. The first kappa shape index (κ1) is 30.7. The second kappa shape index (κ2) is 11.1. The van der Waals surface area contributed by atoms with Crippen LogP contribution in [0.1, 0.15) is 68.7 Å². The zero-order valence-corrected chi connectivity index (χ0v) is 25.1. The van der Waals surface area contributed by atoms with Gasteiger partial charge in [0.15, 0.2) is 12.2 Å². The number of fused-ring (bicyclic) bond motifs is 1. The van der Waals surface area contributed by atoms with Crippen molar-refractivity contribution in [3.8, 4) is 0 Å². The molecule has 3 fully saturated rings. The molecule has 10 heteroatoms. The van der Waals surface area contributed by atoms with Crippen LogP contribution in [0.3, 0.4) is 0 Å². The molecule has 1 aliphatic heterocycles. The van der Waals surface area contributed by atoms with Crippen LogP contribution in [0.15, 0.2) is 60.7 Å². The van der Waals surface area contributed by atoms with Crippen molar-refractivity contribution in [2.75, 3.05) is 0 Å². The van der Waals surface area contributed by atoms with E-state index >= 15 is 0 Å². The molecule has 1 N–H and O–H groups in total.